The molecule has 0 aliphatic carbocycles. The fourth-order valence-corrected chi connectivity index (χ4v) is 1.87. The van der Waals surface area contributed by atoms with Gasteiger partial charge >= 0.3 is 0 Å². The number of nitrogens with two attached hydrogens (primary N) is 1. The van der Waals surface area contributed by atoms with Crippen molar-refractivity contribution in [3.63, 3.8) is 0 Å². The predicted octanol–water partition coefficient (Wildman–Crippen LogP) is 1.32. The normalized spacial score (nSPS) is 11.3. The van der Waals surface area contributed by atoms with E-state index in [-0.39, 0.29) is 17.3 Å². The van der Waals surface area contributed by atoms with Crippen LogP contribution in [-0.2, 0) is 0 Å². The van der Waals surface area contributed by atoms with E-state index < -0.39 is 0 Å². The molecular formula is C10H18N4OS. The van der Waals surface area contributed by atoms with Gasteiger partial charge in [-0.1, -0.05) is 11.3 Å². The average molecular weight is 242 g/mol. The summed E-state index contributed by atoms with van der Waals surface area (Å²) in [6.07, 6.45) is 0. The Morgan fingerprint density at radius 3 is 2.38 bits per heavy atom. The van der Waals surface area contributed by atoms with Crippen LogP contribution in [0.3, 0.4) is 0 Å². The van der Waals surface area contributed by atoms with Crippen LogP contribution in [0.15, 0.2) is 0 Å². The van der Waals surface area contributed by atoms with Crippen molar-refractivity contribution in [3.8, 4) is 0 Å². The first-order valence-corrected chi connectivity index (χ1v) is 5.78. The van der Waals surface area contributed by atoms with Gasteiger partial charge in [0.05, 0.1) is 0 Å². The highest BCUT2D eigenvalue weighted by atomic mass is 32.1. The molecule has 0 aromatic carbocycles. The van der Waals surface area contributed by atoms with E-state index in [1.54, 1.807) is 0 Å². The molecule has 0 bridgehead atoms. The van der Waals surface area contributed by atoms with Gasteiger partial charge in [-0.15, -0.1) is 0 Å². The SMILES string of the molecule is CN(C)c1nc(N)c(C(=O)NC(C)(C)C)s1. The van der Waals surface area contributed by atoms with Crippen LogP contribution in [0.1, 0.15) is 30.4 Å². The van der Waals surface area contributed by atoms with Crippen molar-refractivity contribution < 1.29 is 4.79 Å². The summed E-state index contributed by atoms with van der Waals surface area (Å²) in [6.45, 7) is 5.78. The van der Waals surface area contributed by atoms with E-state index in [0.29, 0.717) is 4.88 Å². The van der Waals surface area contributed by atoms with Crippen molar-refractivity contribution in [2.75, 3.05) is 24.7 Å². The lowest BCUT2D eigenvalue weighted by Gasteiger charge is -2.19. The fourth-order valence-electron chi connectivity index (χ4n) is 1.07. The molecule has 3 N–H and O–H groups in total. The van der Waals surface area contributed by atoms with E-state index in [0.717, 1.165) is 5.13 Å². The van der Waals surface area contributed by atoms with Crippen LogP contribution in [0.2, 0.25) is 0 Å². The van der Waals surface area contributed by atoms with Gasteiger partial charge in [-0.25, -0.2) is 4.98 Å². The Hall–Kier alpha value is -1.30. The van der Waals surface area contributed by atoms with E-state index in [1.807, 2.05) is 39.8 Å². The number of thiazole rings is 1. The summed E-state index contributed by atoms with van der Waals surface area (Å²) >= 11 is 1.29. The molecular weight excluding hydrogens is 224 g/mol. The first-order chi connectivity index (χ1) is 7.20. The summed E-state index contributed by atoms with van der Waals surface area (Å²) < 4.78 is 0. The maximum Gasteiger partial charge on any atom is 0.265 e. The molecule has 0 radical (unpaired) electrons. The first kappa shape index (κ1) is 12.8. The van der Waals surface area contributed by atoms with Crippen molar-refractivity contribution in [1.82, 2.24) is 10.3 Å². The molecule has 0 saturated heterocycles. The van der Waals surface area contributed by atoms with Crippen molar-refractivity contribution in [3.05, 3.63) is 4.88 Å². The van der Waals surface area contributed by atoms with E-state index in [1.165, 1.54) is 11.3 Å². The number of nitrogen functional groups attached to an aromatic ring is 1. The molecule has 16 heavy (non-hydrogen) atoms. The van der Waals surface area contributed by atoms with Crippen LogP contribution in [-0.4, -0.2) is 30.5 Å². The quantitative estimate of drug-likeness (QED) is 0.820. The largest absolute Gasteiger partial charge is 0.382 e. The second kappa shape index (κ2) is 4.29. The minimum atomic E-state index is -0.272. The van der Waals surface area contributed by atoms with Gasteiger partial charge in [0.25, 0.3) is 5.91 Å². The highest BCUT2D eigenvalue weighted by Gasteiger charge is 2.21. The van der Waals surface area contributed by atoms with Gasteiger partial charge in [-0.2, -0.15) is 0 Å². The van der Waals surface area contributed by atoms with Gasteiger partial charge in [0.15, 0.2) is 5.13 Å². The predicted molar refractivity (Wildman–Crippen MR) is 68.1 cm³/mol. The van der Waals surface area contributed by atoms with Crippen molar-refractivity contribution in [2.45, 2.75) is 26.3 Å². The number of nitrogens with one attached hydrogen (secondary N) is 1. The molecule has 5 nitrogen and oxygen atoms in total. The van der Waals surface area contributed by atoms with Crippen LogP contribution >= 0.6 is 11.3 Å². The molecule has 0 fully saturated rings. The summed E-state index contributed by atoms with van der Waals surface area (Å²) in [7, 11) is 3.73. The van der Waals surface area contributed by atoms with Crippen LogP contribution in [0.5, 0.6) is 0 Å². The minimum Gasteiger partial charge on any atom is -0.382 e. The Bertz CT molecular complexity index is 392. The standard InChI is InChI=1S/C10H18N4OS/c1-10(2,3)13-8(15)6-7(11)12-9(16-6)14(4)5/h11H2,1-5H3,(H,13,15). The lowest BCUT2D eigenvalue weighted by Crippen LogP contribution is -2.40. The monoisotopic (exact) mass is 242 g/mol. The zero-order chi connectivity index (χ0) is 12.5. The summed E-state index contributed by atoms with van der Waals surface area (Å²) in [4.78, 5) is 18.3. The van der Waals surface area contributed by atoms with Crippen LogP contribution in [0, 0.1) is 0 Å². The summed E-state index contributed by atoms with van der Waals surface area (Å²) in [5.74, 6) is 0.117. The molecule has 0 atom stereocenters. The highest BCUT2D eigenvalue weighted by Crippen LogP contribution is 2.26. The number of rotatable bonds is 2. The smallest absolute Gasteiger partial charge is 0.265 e. The number of carbonyl (C=O) groups excluding carboxylic acids is 1. The Labute approximate surface area is 99.7 Å². The number of carbonyl (C=O) groups is 1. The molecule has 1 heterocycles. The van der Waals surface area contributed by atoms with Crippen molar-refractivity contribution in [1.29, 1.82) is 0 Å². The number of nitrogens with zero attached hydrogens (tertiary/aromatic N) is 2. The third kappa shape index (κ3) is 3.10. The summed E-state index contributed by atoms with van der Waals surface area (Å²) in [6, 6.07) is 0. The maximum absolute atomic E-state index is 11.9. The zero-order valence-corrected chi connectivity index (χ0v) is 11.1. The Balaban J connectivity index is 2.92. The number of aromatic nitrogens is 1. The number of amides is 1. The molecule has 6 heteroatoms. The Morgan fingerprint density at radius 1 is 1.44 bits per heavy atom. The van der Waals surface area contributed by atoms with Crippen LogP contribution in [0.4, 0.5) is 10.9 Å². The number of anilines is 2. The van der Waals surface area contributed by atoms with Gasteiger partial charge in [0.1, 0.15) is 10.7 Å². The molecule has 90 valence electrons. The lowest BCUT2D eigenvalue weighted by atomic mass is 10.1. The molecule has 1 aromatic heterocycles. The van der Waals surface area contributed by atoms with Crippen LogP contribution in [0.25, 0.3) is 0 Å². The number of hydrogen-bond acceptors (Lipinski definition) is 5. The van der Waals surface area contributed by atoms with E-state index >= 15 is 0 Å². The average Bonchev–Trinajstić information content (AvgIpc) is 2.44. The highest BCUT2D eigenvalue weighted by molar-refractivity contribution is 7.18. The van der Waals surface area contributed by atoms with E-state index in [2.05, 4.69) is 10.3 Å². The molecule has 1 aromatic rings. The second-order valence-electron chi connectivity index (χ2n) is 4.81. The van der Waals surface area contributed by atoms with E-state index in [4.69, 9.17) is 5.73 Å². The topological polar surface area (TPSA) is 71.2 Å². The van der Waals surface area contributed by atoms with Gasteiger partial charge in [0, 0.05) is 19.6 Å². The van der Waals surface area contributed by atoms with Gasteiger partial charge in [-0.3, -0.25) is 4.79 Å². The zero-order valence-electron chi connectivity index (χ0n) is 10.3. The maximum atomic E-state index is 11.9. The molecule has 1 amide bonds. The summed E-state index contributed by atoms with van der Waals surface area (Å²) in [5.41, 5.74) is 5.44. The molecule has 0 aliphatic rings. The van der Waals surface area contributed by atoms with Crippen molar-refractivity contribution in [2.24, 2.45) is 0 Å². The minimum absolute atomic E-state index is 0.171. The van der Waals surface area contributed by atoms with Gasteiger partial charge in [0.2, 0.25) is 0 Å². The van der Waals surface area contributed by atoms with Gasteiger partial charge in [-0.05, 0) is 20.8 Å². The summed E-state index contributed by atoms with van der Waals surface area (Å²) in [5, 5.41) is 3.59. The second-order valence-corrected chi connectivity index (χ2v) is 5.79. The van der Waals surface area contributed by atoms with Gasteiger partial charge < -0.3 is 16.0 Å². The molecule has 1 rings (SSSR count). The third-order valence-electron chi connectivity index (χ3n) is 1.72. The molecule has 0 aliphatic heterocycles. The fraction of sp³-hybridized carbons (Fsp3) is 0.600. The number of hydrogen-bond donors (Lipinski definition) is 2. The Kier molecular flexibility index (Phi) is 3.42. The van der Waals surface area contributed by atoms with Crippen molar-refractivity contribution >= 4 is 28.2 Å². The molecule has 0 unspecified atom stereocenters. The van der Waals surface area contributed by atoms with E-state index in [9.17, 15) is 4.79 Å². The molecule has 0 saturated carbocycles. The third-order valence-corrected chi connectivity index (χ3v) is 2.96. The first-order valence-electron chi connectivity index (χ1n) is 4.97. The lowest BCUT2D eigenvalue weighted by molar-refractivity contribution is 0.0924. The molecule has 0 spiro atoms. The Morgan fingerprint density at radius 2 is 2.00 bits per heavy atom. The van der Waals surface area contributed by atoms with Crippen LogP contribution < -0.4 is 16.0 Å².